The number of nitrogens with zero attached hydrogens (tertiary/aromatic N) is 2. The number of rotatable bonds is 5. The van der Waals surface area contributed by atoms with E-state index in [0.717, 1.165) is 5.56 Å². The number of nitrogens with one attached hydrogen (secondary N) is 2. The predicted octanol–water partition coefficient (Wildman–Crippen LogP) is 2.26. The van der Waals surface area contributed by atoms with Crippen LogP contribution in [0.25, 0.3) is 0 Å². The highest BCUT2D eigenvalue weighted by molar-refractivity contribution is 8.00. The molecule has 0 radical (unpaired) electrons. The van der Waals surface area contributed by atoms with Crippen LogP contribution in [-0.2, 0) is 11.3 Å². The first kappa shape index (κ1) is 13.9. The average molecular weight is 297 g/mol. The van der Waals surface area contributed by atoms with Gasteiger partial charge in [0.05, 0.1) is 5.25 Å². The number of benzene rings is 1. The summed E-state index contributed by atoms with van der Waals surface area (Å²) >= 11 is 7.35. The van der Waals surface area contributed by atoms with Crippen molar-refractivity contribution >= 4 is 29.3 Å². The van der Waals surface area contributed by atoms with Crippen molar-refractivity contribution in [2.75, 3.05) is 0 Å². The first-order valence-electron chi connectivity index (χ1n) is 5.70. The van der Waals surface area contributed by atoms with Crippen molar-refractivity contribution in [3.8, 4) is 0 Å². The van der Waals surface area contributed by atoms with Crippen LogP contribution >= 0.6 is 23.4 Å². The number of thioether (sulfide) groups is 1. The van der Waals surface area contributed by atoms with Gasteiger partial charge in [0.15, 0.2) is 5.16 Å². The van der Waals surface area contributed by atoms with E-state index in [-0.39, 0.29) is 11.2 Å². The van der Waals surface area contributed by atoms with Crippen molar-refractivity contribution in [3.05, 3.63) is 41.2 Å². The van der Waals surface area contributed by atoms with Gasteiger partial charge in [0.1, 0.15) is 6.33 Å². The van der Waals surface area contributed by atoms with Crippen LogP contribution < -0.4 is 5.32 Å². The molecule has 0 saturated carbocycles. The Kier molecular flexibility index (Phi) is 4.81. The summed E-state index contributed by atoms with van der Waals surface area (Å²) in [5.41, 5.74) is 0.898. The summed E-state index contributed by atoms with van der Waals surface area (Å²) in [5.74, 6) is -0.0682. The smallest absolute Gasteiger partial charge is 0.233 e. The highest BCUT2D eigenvalue weighted by Crippen LogP contribution is 2.19. The second-order valence-corrected chi connectivity index (χ2v) is 5.60. The minimum absolute atomic E-state index is 0.0682. The quantitative estimate of drug-likeness (QED) is 0.830. The molecular weight excluding hydrogens is 284 g/mol. The van der Waals surface area contributed by atoms with Crippen LogP contribution in [0.3, 0.4) is 0 Å². The van der Waals surface area contributed by atoms with Gasteiger partial charge in [-0.25, -0.2) is 4.98 Å². The summed E-state index contributed by atoms with van der Waals surface area (Å²) < 4.78 is 0. The monoisotopic (exact) mass is 296 g/mol. The van der Waals surface area contributed by atoms with Gasteiger partial charge < -0.3 is 5.32 Å². The van der Waals surface area contributed by atoms with Gasteiger partial charge in [-0.15, -0.1) is 0 Å². The molecule has 0 saturated heterocycles. The Hall–Kier alpha value is -1.53. The van der Waals surface area contributed by atoms with Gasteiger partial charge in [-0.3, -0.25) is 9.89 Å². The van der Waals surface area contributed by atoms with Crippen LogP contribution in [0.4, 0.5) is 0 Å². The molecule has 0 aliphatic heterocycles. The van der Waals surface area contributed by atoms with Crippen molar-refractivity contribution in [1.82, 2.24) is 20.5 Å². The van der Waals surface area contributed by atoms with Gasteiger partial charge in [0.25, 0.3) is 0 Å². The number of amides is 1. The molecule has 2 N–H and O–H groups in total. The van der Waals surface area contributed by atoms with Crippen molar-refractivity contribution in [1.29, 1.82) is 0 Å². The van der Waals surface area contributed by atoms with E-state index in [1.807, 2.05) is 25.1 Å². The molecule has 1 atom stereocenters. The van der Waals surface area contributed by atoms with Crippen molar-refractivity contribution in [3.63, 3.8) is 0 Å². The number of aromatic amines is 1. The number of H-pyrrole nitrogens is 1. The first-order chi connectivity index (χ1) is 9.16. The molecule has 1 heterocycles. The summed E-state index contributed by atoms with van der Waals surface area (Å²) in [6.07, 6.45) is 1.41. The maximum atomic E-state index is 11.9. The lowest BCUT2D eigenvalue weighted by molar-refractivity contribution is -0.120. The van der Waals surface area contributed by atoms with E-state index in [1.165, 1.54) is 18.1 Å². The number of hydrogen-bond acceptors (Lipinski definition) is 4. The second kappa shape index (κ2) is 6.58. The summed E-state index contributed by atoms with van der Waals surface area (Å²) in [4.78, 5) is 15.9. The highest BCUT2D eigenvalue weighted by atomic mass is 35.5. The molecule has 19 heavy (non-hydrogen) atoms. The normalized spacial score (nSPS) is 12.1. The molecule has 0 bridgehead atoms. The van der Waals surface area contributed by atoms with E-state index in [0.29, 0.717) is 16.7 Å². The second-order valence-electron chi connectivity index (χ2n) is 3.86. The predicted molar refractivity (Wildman–Crippen MR) is 75.0 cm³/mol. The van der Waals surface area contributed by atoms with Gasteiger partial charge >= 0.3 is 0 Å². The molecule has 2 rings (SSSR count). The van der Waals surface area contributed by atoms with E-state index in [9.17, 15) is 4.79 Å². The lowest BCUT2D eigenvalue weighted by atomic mass is 10.2. The molecule has 1 aromatic heterocycles. The molecule has 0 aliphatic carbocycles. The van der Waals surface area contributed by atoms with E-state index >= 15 is 0 Å². The Morgan fingerprint density at radius 3 is 3.00 bits per heavy atom. The largest absolute Gasteiger partial charge is 0.351 e. The van der Waals surface area contributed by atoms with E-state index in [1.54, 1.807) is 6.07 Å². The molecule has 7 heteroatoms. The van der Waals surface area contributed by atoms with Crippen LogP contribution in [-0.4, -0.2) is 26.3 Å². The summed E-state index contributed by atoms with van der Waals surface area (Å²) in [6, 6.07) is 7.43. The van der Waals surface area contributed by atoms with E-state index in [4.69, 9.17) is 11.6 Å². The standard InChI is InChI=1S/C12H13ClN4OS/c1-8(19-12-15-7-16-17-12)11(18)14-6-9-4-2-3-5-10(9)13/h2-5,7-8H,6H2,1H3,(H,14,18)(H,15,16,17). The van der Waals surface area contributed by atoms with Crippen LogP contribution in [0, 0.1) is 0 Å². The maximum Gasteiger partial charge on any atom is 0.233 e. The summed E-state index contributed by atoms with van der Waals surface area (Å²) in [6.45, 7) is 2.23. The van der Waals surface area contributed by atoms with Gasteiger partial charge in [-0.05, 0) is 18.6 Å². The molecular formula is C12H13ClN4OS. The first-order valence-corrected chi connectivity index (χ1v) is 6.95. The fraction of sp³-hybridized carbons (Fsp3) is 0.250. The molecule has 0 fully saturated rings. The van der Waals surface area contributed by atoms with Gasteiger partial charge in [-0.2, -0.15) is 5.10 Å². The topological polar surface area (TPSA) is 70.7 Å². The molecule has 0 aliphatic rings. The molecule has 0 spiro atoms. The summed E-state index contributed by atoms with van der Waals surface area (Å²) in [5, 5.41) is 10.3. The zero-order chi connectivity index (χ0) is 13.7. The zero-order valence-electron chi connectivity index (χ0n) is 10.3. The van der Waals surface area contributed by atoms with Gasteiger partial charge in [0, 0.05) is 11.6 Å². The van der Waals surface area contributed by atoms with Crippen molar-refractivity contribution < 1.29 is 4.79 Å². The summed E-state index contributed by atoms with van der Waals surface area (Å²) in [7, 11) is 0. The highest BCUT2D eigenvalue weighted by Gasteiger charge is 2.15. The molecule has 5 nitrogen and oxygen atoms in total. The zero-order valence-corrected chi connectivity index (χ0v) is 11.8. The van der Waals surface area contributed by atoms with Crippen LogP contribution in [0.2, 0.25) is 5.02 Å². The van der Waals surface area contributed by atoms with Gasteiger partial charge in [-0.1, -0.05) is 41.6 Å². The Balaban J connectivity index is 1.86. The maximum absolute atomic E-state index is 11.9. The Bertz CT molecular complexity index is 546. The van der Waals surface area contributed by atoms with Crippen molar-refractivity contribution in [2.45, 2.75) is 23.9 Å². The Morgan fingerprint density at radius 1 is 1.53 bits per heavy atom. The Morgan fingerprint density at radius 2 is 2.32 bits per heavy atom. The number of aromatic nitrogens is 3. The Labute approximate surface area is 120 Å². The minimum atomic E-state index is -0.254. The van der Waals surface area contributed by atoms with E-state index in [2.05, 4.69) is 20.5 Å². The lowest BCUT2D eigenvalue weighted by Crippen LogP contribution is -2.30. The van der Waals surface area contributed by atoms with Gasteiger partial charge in [0.2, 0.25) is 5.91 Å². The third-order valence-electron chi connectivity index (χ3n) is 2.46. The van der Waals surface area contributed by atoms with Crippen LogP contribution in [0.5, 0.6) is 0 Å². The third-order valence-corrected chi connectivity index (χ3v) is 3.82. The SMILES string of the molecule is CC(Sc1ncn[nH]1)C(=O)NCc1ccccc1Cl. The fourth-order valence-electron chi connectivity index (χ4n) is 1.44. The number of hydrogen-bond donors (Lipinski definition) is 2. The fourth-order valence-corrected chi connectivity index (χ4v) is 2.38. The number of carbonyl (C=O) groups excluding carboxylic acids is 1. The molecule has 2 aromatic rings. The third kappa shape index (κ3) is 3.97. The molecule has 1 aromatic carbocycles. The van der Waals surface area contributed by atoms with Crippen molar-refractivity contribution in [2.24, 2.45) is 0 Å². The minimum Gasteiger partial charge on any atom is -0.351 e. The molecule has 100 valence electrons. The lowest BCUT2D eigenvalue weighted by Gasteiger charge is -2.11. The van der Waals surface area contributed by atoms with Crippen LogP contribution in [0.15, 0.2) is 35.7 Å². The average Bonchev–Trinajstić information content (AvgIpc) is 2.90. The van der Waals surface area contributed by atoms with E-state index < -0.39 is 0 Å². The number of halogens is 1. The molecule has 1 amide bonds. The van der Waals surface area contributed by atoms with Crippen LogP contribution in [0.1, 0.15) is 12.5 Å². The molecule has 1 unspecified atom stereocenters. The number of carbonyl (C=O) groups is 1.